The first kappa shape index (κ1) is 14.6. The van der Waals surface area contributed by atoms with Crippen LogP contribution >= 0.6 is 0 Å². The minimum absolute atomic E-state index is 0.319. The molecule has 2 fully saturated rings. The summed E-state index contributed by atoms with van der Waals surface area (Å²) < 4.78 is 0. The molecule has 0 aromatic heterocycles. The molecule has 0 bridgehead atoms. The van der Waals surface area contributed by atoms with E-state index in [1.165, 1.54) is 12.8 Å². The molecule has 0 aromatic rings. The van der Waals surface area contributed by atoms with Crippen molar-refractivity contribution >= 4 is 6.03 Å². The van der Waals surface area contributed by atoms with Gasteiger partial charge in [-0.2, -0.15) is 0 Å². The lowest BCUT2D eigenvalue weighted by Gasteiger charge is -2.34. The third-order valence-corrected chi connectivity index (χ3v) is 4.56. The first-order chi connectivity index (χ1) is 9.09. The Morgan fingerprint density at radius 2 is 1.79 bits per heavy atom. The van der Waals surface area contributed by atoms with Crippen LogP contribution in [0.25, 0.3) is 0 Å². The topological polar surface area (TPSA) is 78.6 Å². The van der Waals surface area contributed by atoms with Crippen molar-refractivity contribution in [2.45, 2.75) is 63.0 Å². The SMILES string of the molecule is NC(=O)N1CCC(NCC2(O)CCCCCC2)CC1. The second-order valence-electron chi connectivity index (χ2n) is 6.12. The van der Waals surface area contributed by atoms with Crippen LogP contribution in [0, 0.1) is 0 Å². The van der Waals surface area contributed by atoms with Gasteiger partial charge in [-0.15, -0.1) is 0 Å². The Labute approximate surface area is 115 Å². The lowest BCUT2D eigenvalue weighted by molar-refractivity contribution is 0.0208. The highest BCUT2D eigenvalue weighted by Crippen LogP contribution is 2.26. The third-order valence-electron chi connectivity index (χ3n) is 4.56. The minimum atomic E-state index is -0.517. The Morgan fingerprint density at radius 3 is 2.32 bits per heavy atom. The number of urea groups is 1. The second kappa shape index (κ2) is 6.57. The number of hydrogen-bond acceptors (Lipinski definition) is 3. The van der Waals surface area contributed by atoms with Crippen LogP contribution in [0.1, 0.15) is 51.4 Å². The summed E-state index contributed by atoms with van der Waals surface area (Å²) in [5.41, 5.74) is 4.75. The van der Waals surface area contributed by atoms with E-state index in [1.54, 1.807) is 4.90 Å². The molecule has 1 saturated carbocycles. The molecular weight excluding hydrogens is 242 g/mol. The number of nitrogens with one attached hydrogen (secondary N) is 1. The summed E-state index contributed by atoms with van der Waals surface area (Å²) in [6.45, 7) is 2.14. The molecule has 1 heterocycles. The monoisotopic (exact) mass is 269 g/mol. The number of aliphatic hydroxyl groups is 1. The Bertz CT molecular complexity index is 293. The van der Waals surface area contributed by atoms with Gasteiger partial charge >= 0.3 is 6.03 Å². The van der Waals surface area contributed by atoms with E-state index in [0.717, 1.165) is 51.6 Å². The van der Waals surface area contributed by atoms with Crippen molar-refractivity contribution < 1.29 is 9.90 Å². The van der Waals surface area contributed by atoms with Crippen molar-refractivity contribution in [1.82, 2.24) is 10.2 Å². The molecule has 19 heavy (non-hydrogen) atoms. The predicted molar refractivity (Wildman–Crippen MR) is 74.8 cm³/mol. The maximum atomic E-state index is 11.0. The Kier molecular flexibility index (Phi) is 5.05. The highest BCUT2D eigenvalue weighted by Gasteiger charge is 2.29. The smallest absolute Gasteiger partial charge is 0.314 e. The van der Waals surface area contributed by atoms with Crippen LogP contribution in [0.4, 0.5) is 4.79 Å². The Balaban J connectivity index is 1.72. The highest BCUT2D eigenvalue weighted by molar-refractivity contribution is 5.72. The molecule has 110 valence electrons. The van der Waals surface area contributed by atoms with Crippen molar-refractivity contribution in [2.75, 3.05) is 19.6 Å². The van der Waals surface area contributed by atoms with Crippen LogP contribution in [0.3, 0.4) is 0 Å². The van der Waals surface area contributed by atoms with Crippen molar-refractivity contribution in [3.8, 4) is 0 Å². The zero-order valence-corrected chi connectivity index (χ0v) is 11.7. The summed E-state index contributed by atoms with van der Waals surface area (Å²) in [6, 6.07) is 0.0868. The van der Waals surface area contributed by atoms with Crippen molar-refractivity contribution in [3.05, 3.63) is 0 Å². The normalized spacial score (nSPS) is 25.0. The van der Waals surface area contributed by atoms with Crippen LogP contribution < -0.4 is 11.1 Å². The van der Waals surface area contributed by atoms with Crippen LogP contribution in [0.2, 0.25) is 0 Å². The molecule has 2 rings (SSSR count). The van der Waals surface area contributed by atoms with Gasteiger partial charge in [0.1, 0.15) is 0 Å². The molecule has 1 aliphatic heterocycles. The molecule has 0 atom stereocenters. The van der Waals surface area contributed by atoms with Crippen LogP contribution in [0.15, 0.2) is 0 Å². The van der Waals surface area contributed by atoms with Gasteiger partial charge in [-0.3, -0.25) is 0 Å². The fourth-order valence-corrected chi connectivity index (χ4v) is 3.20. The molecule has 0 radical (unpaired) electrons. The fraction of sp³-hybridized carbons (Fsp3) is 0.929. The second-order valence-corrected chi connectivity index (χ2v) is 6.12. The number of rotatable bonds is 3. The van der Waals surface area contributed by atoms with E-state index >= 15 is 0 Å². The van der Waals surface area contributed by atoms with Gasteiger partial charge in [0.15, 0.2) is 0 Å². The van der Waals surface area contributed by atoms with Gasteiger partial charge in [-0.1, -0.05) is 25.7 Å². The third kappa shape index (κ3) is 4.35. The van der Waals surface area contributed by atoms with E-state index < -0.39 is 5.60 Å². The van der Waals surface area contributed by atoms with E-state index in [-0.39, 0.29) is 6.03 Å². The first-order valence-electron chi connectivity index (χ1n) is 7.59. The summed E-state index contributed by atoms with van der Waals surface area (Å²) in [7, 11) is 0. The van der Waals surface area contributed by atoms with Crippen LogP contribution in [0.5, 0.6) is 0 Å². The number of carbonyl (C=O) groups excluding carboxylic acids is 1. The average Bonchev–Trinajstić information content (AvgIpc) is 2.62. The number of piperidine rings is 1. The highest BCUT2D eigenvalue weighted by atomic mass is 16.3. The molecule has 5 nitrogen and oxygen atoms in total. The quantitative estimate of drug-likeness (QED) is 0.674. The van der Waals surface area contributed by atoms with Gasteiger partial charge in [0.05, 0.1) is 5.60 Å². The summed E-state index contributed by atoms with van der Waals surface area (Å²) in [5, 5.41) is 14.1. The van der Waals surface area contributed by atoms with Crippen LogP contribution in [-0.4, -0.2) is 47.3 Å². The number of amides is 2. The molecule has 1 aliphatic carbocycles. The van der Waals surface area contributed by atoms with E-state index in [9.17, 15) is 9.90 Å². The number of nitrogens with zero attached hydrogens (tertiary/aromatic N) is 1. The first-order valence-corrected chi connectivity index (χ1v) is 7.59. The van der Waals surface area contributed by atoms with Crippen molar-refractivity contribution in [1.29, 1.82) is 0 Å². The molecule has 0 unspecified atom stereocenters. The van der Waals surface area contributed by atoms with Gasteiger partial charge in [-0.25, -0.2) is 4.79 Å². The zero-order chi connectivity index (χ0) is 13.7. The lowest BCUT2D eigenvalue weighted by Crippen LogP contribution is -2.50. The fourth-order valence-electron chi connectivity index (χ4n) is 3.20. The number of primary amides is 1. The molecular formula is C14H27N3O2. The molecule has 4 N–H and O–H groups in total. The van der Waals surface area contributed by atoms with E-state index in [4.69, 9.17) is 5.73 Å². The van der Waals surface area contributed by atoms with Crippen molar-refractivity contribution in [3.63, 3.8) is 0 Å². The van der Waals surface area contributed by atoms with E-state index in [2.05, 4.69) is 5.32 Å². The average molecular weight is 269 g/mol. The van der Waals surface area contributed by atoms with Gasteiger partial charge in [0, 0.05) is 25.7 Å². The van der Waals surface area contributed by atoms with Crippen molar-refractivity contribution in [2.24, 2.45) is 5.73 Å². The molecule has 0 spiro atoms. The number of nitrogens with two attached hydrogens (primary N) is 1. The predicted octanol–water partition coefficient (Wildman–Crippen LogP) is 1.20. The van der Waals surface area contributed by atoms with Gasteiger partial charge in [-0.05, 0) is 25.7 Å². The maximum Gasteiger partial charge on any atom is 0.314 e. The standard InChI is InChI=1S/C14H27N3O2/c15-13(18)17-9-5-12(6-10-17)16-11-14(19)7-3-1-2-4-8-14/h12,16,19H,1-11H2,(H2,15,18). The van der Waals surface area contributed by atoms with Gasteiger partial charge in [0.2, 0.25) is 0 Å². The van der Waals surface area contributed by atoms with Crippen LogP contribution in [-0.2, 0) is 0 Å². The summed E-state index contributed by atoms with van der Waals surface area (Å²) in [6.07, 6.45) is 8.47. The summed E-state index contributed by atoms with van der Waals surface area (Å²) in [5.74, 6) is 0. The molecule has 5 heteroatoms. The van der Waals surface area contributed by atoms with Gasteiger partial charge in [0.25, 0.3) is 0 Å². The molecule has 1 saturated heterocycles. The minimum Gasteiger partial charge on any atom is -0.389 e. The molecule has 2 aliphatic rings. The van der Waals surface area contributed by atoms with E-state index in [0.29, 0.717) is 12.6 Å². The zero-order valence-electron chi connectivity index (χ0n) is 11.7. The number of likely N-dealkylation sites (tertiary alicyclic amines) is 1. The largest absolute Gasteiger partial charge is 0.389 e. The number of hydrogen-bond donors (Lipinski definition) is 3. The maximum absolute atomic E-state index is 11.0. The molecule has 2 amide bonds. The lowest BCUT2D eigenvalue weighted by atomic mass is 9.93. The summed E-state index contributed by atoms with van der Waals surface area (Å²) in [4.78, 5) is 12.7. The Hall–Kier alpha value is -0.810. The van der Waals surface area contributed by atoms with Gasteiger partial charge < -0.3 is 21.1 Å². The Morgan fingerprint density at radius 1 is 1.21 bits per heavy atom. The summed E-state index contributed by atoms with van der Waals surface area (Å²) >= 11 is 0. The molecule has 0 aromatic carbocycles. The number of carbonyl (C=O) groups is 1. The van der Waals surface area contributed by atoms with E-state index in [1.807, 2.05) is 0 Å².